The van der Waals surface area contributed by atoms with Crippen molar-refractivity contribution in [1.29, 1.82) is 0 Å². The number of amides is 1. The van der Waals surface area contributed by atoms with E-state index in [2.05, 4.69) is 29.6 Å². The zero-order valence-corrected chi connectivity index (χ0v) is 19.9. The minimum atomic E-state index is -3.51. The average Bonchev–Trinajstić information content (AvgIpc) is 2.89. The second-order valence-corrected chi connectivity index (χ2v) is 10.4. The van der Waals surface area contributed by atoms with E-state index in [-0.39, 0.29) is 17.7 Å². The third kappa shape index (κ3) is 6.22. The predicted octanol–water partition coefficient (Wildman–Crippen LogP) is 4.65. The van der Waals surface area contributed by atoms with Crippen LogP contribution in [0.4, 0.5) is 0 Å². The number of piperidine rings is 1. The number of hydrogen-bond acceptors (Lipinski definition) is 3. The fourth-order valence-electron chi connectivity index (χ4n) is 4.33. The summed E-state index contributed by atoms with van der Waals surface area (Å²) in [6, 6.07) is 29.7. The highest BCUT2D eigenvalue weighted by atomic mass is 32.2. The van der Waals surface area contributed by atoms with Crippen molar-refractivity contribution in [2.45, 2.75) is 18.8 Å². The Morgan fingerprint density at radius 2 is 1.35 bits per heavy atom. The topological polar surface area (TPSA) is 66.5 Å². The number of benzene rings is 3. The lowest BCUT2D eigenvalue weighted by Gasteiger charge is -2.30. The minimum Gasteiger partial charge on any atom is -0.355 e. The van der Waals surface area contributed by atoms with Crippen molar-refractivity contribution in [3.63, 3.8) is 0 Å². The van der Waals surface area contributed by atoms with E-state index in [1.165, 1.54) is 9.71 Å². The van der Waals surface area contributed by atoms with Crippen LogP contribution in [0, 0.1) is 5.92 Å². The first-order valence-corrected chi connectivity index (χ1v) is 13.1. The molecule has 4 rings (SSSR count). The van der Waals surface area contributed by atoms with Gasteiger partial charge in [0, 0.05) is 36.9 Å². The number of rotatable bonds is 8. The molecule has 1 amide bonds. The van der Waals surface area contributed by atoms with Crippen molar-refractivity contribution >= 4 is 22.0 Å². The first-order chi connectivity index (χ1) is 16.5. The van der Waals surface area contributed by atoms with E-state index in [0.29, 0.717) is 32.5 Å². The summed E-state index contributed by atoms with van der Waals surface area (Å²) in [4.78, 5) is 12.9. The van der Waals surface area contributed by atoms with E-state index >= 15 is 0 Å². The van der Waals surface area contributed by atoms with Crippen molar-refractivity contribution in [3.8, 4) is 0 Å². The van der Waals surface area contributed by atoms with Gasteiger partial charge in [-0.05, 0) is 35.6 Å². The summed E-state index contributed by atoms with van der Waals surface area (Å²) in [7, 11) is -3.51. The molecule has 0 saturated carbocycles. The molecule has 0 spiro atoms. The Hall–Kier alpha value is -3.22. The van der Waals surface area contributed by atoms with Crippen LogP contribution in [0.2, 0.25) is 0 Å². The van der Waals surface area contributed by atoms with Crippen molar-refractivity contribution in [1.82, 2.24) is 9.62 Å². The normalized spacial score (nSPS) is 15.6. The Balaban J connectivity index is 1.33. The van der Waals surface area contributed by atoms with Crippen LogP contribution in [0.5, 0.6) is 0 Å². The molecular weight excluding hydrogens is 444 g/mol. The van der Waals surface area contributed by atoms with Crippen molar-refractivity contribution in [2.24, 2.45) is 5.92 Å². The second-order valence-electron chi connectivity index (χ2n) is 8.55. The number of carbonyl (C=O) groups is 1. The Labute approximate surface area is 202 Å². The highest BCUT2D eigenvalue weighted by Crippen LogP contribution is 2.25. The zero-order chi connectivity index (χ0) is 23.8. The molecule has 34 heavy (non-hydrogen) atoms. The van der Waals surface area contributed by atoms with Gasteiger partial charge in [0.25, 0.3) is 0 Å². The summed E-state index contributed by atoms with van der Waals surface area (Å²) < 4.78 is 26.9. The number of nitrogens with one attached hydrogen (secondary N) is 1. The molecule has 0 aromatic heterocycles. The van der Waals surface area contributed by atoms with Crippen LogP contribution >= 0.6 is 0 Å². The summed E-state index contributed by atoms with van der Waals surface area (Å²) in [5.74, 6) is -0.125. The van der Waals surface area contributed by atoms with Crippen LogP contribution in [0.3, 0.4) is 0 Å². The quantitative estimate of drug-likeness (QED) is 0.517. The van der Waals surface area contributed by atoms with Gasteiger partial charge in [-0.1, -0.05) is 91.0 Å². The van der Waals surface area contributed by atoms with Crippen molar-refractivity contribution in [3.05, 3.63) is 113 Å². The molecule has 1 heterocycles. The molecule has 1 saturated heterocycles. The molecule has 5 nitrogen and oxygen atoms in total. The summed E-state index contributed by atoms with van der Waals surface area (Å²) in [6.07, 6.45) is 2.65. The molecule has 0 aliphatic carbocycles. The van der Waals surface area contributed by atoms with Gasteiger partial charge in [-0.2, -0.15) is 4.31 Å². The minimum absolute atomic E-state index is 0.00580. The molecular formula is C28H30N2O3S. The fourth-order valence-corrected chi connectivity index (χ4v) is 5.55. The maximum Gasteiger partial charge on any atom is 0.236 e. The molecule has 1 aliphatic heterocycles. The standard InChI is InChI=1S/C28H30N2O3S/c31-28(29-22-27(24-12-6-2-7-13-24)25-14-8-3-9-15-25)26-16-19-30(20-17-26)34(32,33)21-18-23-10-4-1-5-11-23/h1-15,18,21,26-27H,16-17,19-20,22H2,(H,29,31)/b21-18+. The lowest BCUT2D eigenvalue weighted by Crippen LogP contribution is -2.43. The van der Waals surface area contributed by atoms with Crippen LogP contribution in [0.1, 0.15) is 35.4 Å². The molecule has 0 bridgehead atoms. The van der Waals surface area contributed by atoms with Gasteiger partial charge >= 0.3 is 0 Å². The SMILES string of the molecule is O=C(NCC(c1ccccc1)c1ccccc1)C1CCN(S(=O)(=O)/C=C/c2ccccc2)CC1. The smallest absolute Gasteiger partial charge is 0.236 e. The first kappa shape index (κ1) is 23.9. The lowest BCUT2D eigenvalue weighted by atomic mass is 9.90. The van der Waals surface area contributed by atoms with E-state index in [4.69, 9.17) is 0 Å². The van der Waals surface area contributed by atoms with E-state index in [1.807, 2.05) is 66.7 Å². The predicted molar refractivity (Wildman–Crippen MR) is 136 cm³/mol. The molecule has 3 aromatic rings. The molecule has 0 atom stereocenters. The first-order valence-electron chi connectivity index (χ1n) is 11.6. The molecule has 1 N–H and O–H groups in total. The van der Waals surface area contributed by atoms with Crippen molar-refractivity contribution in [2.75, 3.05) is 19.6 Å². The van der Waals surface area contributed by atoms with Gasteiger partial charge in [0.15, 0.2) is 0 Å². The van der Waals surface area contributed by atoms with Crippen LogP contribution in [0.25, 0.3) is 6.08 Å². The van der Waals surface area contributed by atoms with Crippen LogP contribution in [-0.4, -0.2) is 38.3 Å². The highest BCUT2D eigenvalue weighted by molar-refractivity contribution is 7.92. The molecule has 176 valence electrons. The molecule has 6 heteroatoms. The van der Waals surface area contributed by atoms with Crippen LogP contribution in [0.15, 0.2) is 96.4 Å². The third-order valence-corrected chi connectivity index (χ3v) is 7.87. The number of hydrogen-bond donors (Lipinski definition) is 1. The summed E-state index contributed by atoms with van der Waals surface area (Å²) in [5.41, 5.74) is 3.15. The Kier molecular flexibility index (Phi) is 7.93. The number of nitrogens with zero attached hydrogens (tertiary/aromatic N) is 1. The summed E-state index contributed by atoms with van der Waals surface area (Å²) in [5, 5.41) is 4.39. The number of carbonyl (C=O) groups excluding carboxylic acids is 1. The highest BCUT2D eigenvalue weighted by Gasteiger charge is 2.30. The van der Waals surface area contributed by atoms with Gasteiger partial charge in [-0.3, -0.25) is 4.79 Å². The lowest BCUT2D eigenvalue weighted by molar-refractivity contribution is -0.126. The number of sulfonamides is 1. The van der Waals surface area contributed by atoms with Crippen LogP contribution < -0.4 is 5.32 Å². The Bertz CT molecular complexity index is 1150. The van der Waals surface area contributed by atoms with E-state index in [1.54, 1.807) is 6.08 Å². The van der Waals surface area contributed by atoms with Gasteiger partial charge in [0.1, 0.15) is 0 Å². The summed E-state index contributed by atoms with van der Waals surface area (Å²) >= 11 is 0. The average molecular weight is 475 g/mol. The Morgan fingerprint density at radius 1 is 0.853 bits per heavy atom. The van der Waals surface area contributed by atoms with Gasteiger partial charge in [0.05, 0.1) is 0 Å². The van der Waals surface area contributed by atoms with Gasteiger partial charge < -0.3 is 5.32 Å². The summed E-state index contributed by atoms with van der Waals surface area (Å²) in [6.45, 7) is 1.20. The monoisotopic (exact) mass is 474 g/mol. The van der Waals surface area contributed by atoms with Crippen LogP contribution in [-0.2, 0) is 14.8 Å². The van der Waals surface area contributed by atoms with Crippen molar-refractivity contribution < 1.29 is 13.2 Å². The zero-order valence-electron chi connectivity index (χ0n) is 19.1. The largest absolute Gasteiger partial charge is 0.355 e. The van der Waals surface area contributed by atoms with E-state index in [0.717, 1.165) is 16.7 Å². The second kappa shape index (κ2) is 11.3. The fraction of sp³-hybridized carbons (Fsp3) is 0.250. The maximum atomic E-state index is 12.9. The van der Waals surface area contributed by atoms with Gasteiger partial charge in [-0.15, -0.1) is 0 Å². The van der Waals surface area contributed by atoms with E-state index in [9.17, 15) is 13.2 Å². The molecule has 1 fully saturated rings. The van der Waals surface area contributed by atoms with Gasteiger partial charge in [-0.25, -0.2) is 8.42 Å². The molecule has 1 aliphatic rings. The molecule has 0 unspecified atom stereocenters. The van der Waals surface area contributed by atoms with Gasteiger partial charge in [0.2, 0.25) is 15.9 Å². The third-order valence-electron chi connectivity index (χ3n) is 6.30. The Morgan fingerprint density at radius 3 is 1.88 bits per heavy atom. The maximum absolute atomic E-state index is 12.9. The van der Waals surface area contributed by atoms with E-state index < -0.39 is 10.0 Å². The molecule has 3 aromatic carbocycles. The molecule has 0 radical (unpaired) electrons.